The second-order valence-corrected chi connectivity index (χ2v) is 17.5. The molecule has 3 aliphatic rings. The Kier molecular flexibility index (Phi) is 7.46. The molecule has 3 heteroatoms. The fourth-order valence-electron chi connectivity index (χ4n) is 10.3. The molecule has 9 aromatic rings. The molecule has 12 rings (SSSR count). The summed E-state index contributed by atoms with van der Waals surface area (Å²) in [6, 6.07) is 71.0. The average molecular weight is 771 g/mol. The molecule has 1 aromatic heterocycles. The molecule has 0 bridgehead atoms. The smallest absolute Gasteiger partial charge is 0.161 e. The molecule has 2 aliphatic carbocycles. The molecule has 0 atom stereocenters. The van der Waals surface area contributed by atoms with Gasteiger partial charge in [-0.2, -0.15) is 0 Å². The zero-order valence-corrected chi connectivity index (χ0v) is 33.6. The first-order valence-corrected chi connectivity index (χ1v) is 21.2. The van der Waals surface area contributed by atoms with Gasteiger partial charge in [-0.3, -0.25) is 0 Å². The van der Waals surface area contributed by atoms with Gasteiger partial charge in [0, 0.05) is 31.9 Å². The SMILES string of the molecule is CC1(C)c2ccccc2-c2ccc(-c3cc(-c4ccccc4)nc(-c4ccccc4-c4cccc5c4Sc4ccccc4C54c5ccccc5-c5ccccc54)n3)cc21. The minimum absolute atomic E-state index is 0.118. The van der Waals surface area contributed by atoms with Crippen LogP contribution in [0.3, 0.4) is 0 Å². The van der Waals surface area contributed by atoms with Crippen LogP contribution in [-0.2, 0) is 10.8 Å². The molecule has 1 spiro atoms. The largest absolute Gasteiger partial charge is 0.228 e. The molecule has 2 nitrogen and oxygen atoms in total. The number of benzene rings is 8. The summed E-state index contributed by atoms with van der Waals surface area (Å²) >= 11 is 1.88. The van der Waals surface area contributed by atoms with Gasteiger partial charge in [0.2, 0.25) is 0 Å². The number of nitrogens with zero attached hydrogens (tertiary/aromatic N) is 2. The lowest BCUT2D eigenvalue weighted by molar-refractivity contribution is 0.660. The molecule has 1 aliphatic heterocycles. The molecule has 0 fully saturated rings. The van der Waals surface area contributed by atoms with Gasteiger partial charge in [0.1, 0.15) is 0 Å². The summed E-state index contributed by atoms with van der Waals surface area (Å²) in [7, 11) is 0. The maximum absolute atomic E-state index is 5.47. The van der Waals surface area contributed by atoms with Crippen molar-refractivity contribution < 1.29 is 0 Å². The quantitative estimate of drug-likeness (QED) is 0.178. The summed E-state index contributed by atoms with van der Waals surface area (Å²) in [6.07, 6.45) is 0. The van der Waals surface area contributed by atoms with E-state index in [-0.39, 0.29) is 5.41 Å². The predicted molar refractivity (Wildman–Crippen MR) is 243 cm³/mol. The van der Waals surface area contributed by atoms with Crippen LogP contribution < -0.4 is 0 Å². The van der Waals surface area contributed by atoms with Crippen LogP contribution in [0.4, 0.5) is 0 Å². The first-order chi connectivity index (χ1) is 29.0. The van der Waals surface area contributed by atoms with E-state index in [0.717, 1.165) is 33.6 Å². The van der Waals surface area contributed by atoms with Crippen molar-refractivity contribution in [1.82, 2.24) is 9.97 Å². The average Bonchev–Trinajstić information content (AvgIpc) is 3.72. The van der Waals surface area contributed by atoms with E-state index >= 15 is 0 Å². The van der Waals surface area contributed by atoms with Gasteiger partial charge >= 0.3 is 0 Å². The van der Waals surface area contributed by atoms with E-state index < -0.39 is 5.41 Å². The van der Waals surface area contributed by atoms with E-state index in [1.54, 1.807) is 0 Å². The van der Waals surface area contributed by atoms with Crippen LogP contribution in [0.25, 0.3) is 67.3 Å². The van der Waals surface area contributed by atoms with E-state index in [4.69, 9.17) is 9.97 Å². The minimum atomic E-state index is -0.451. The lowest BCUT2D eigenvalue weighted by Crippen LogP contribution is -2.32. The highest BCUT2D eigenvalue weighted by Crippen LogP contribution is 2.63. The summed E-state index contributed by atoms with van der Waals surface area (Å²) in [5.74, 6) is 0.713. The van der Waals surface area contributed by atoms with Crippen LogP contribution in [0.1, 0.15) is 47.2 Å². The first-order valence-electron chi connectivity index (χ1n) is 20.4. The molecule has 0 N–H and O–H groups in total. The highest BCUT2D eigenvalue weighted by Gasteiger charge is 2.50. The van der Waals surface area contributed by atoms with Crippen molar-refractivity contribution >= 4 is 11.8 Å². The molecule has 0 radical (unpaired) electrons. The summed E-state index contributed by atoms with van der Waals surface area (Å²) in [6.45, 7) is 4.67. The van der Waals surface area contributed by atoms with E-state index in [0.29, 0.717) is 5.82 Å². The molecule has 0 saturated carbocycles. The highest BCUT2D eigenvalue weighted by atomic mass is 32.2. The van der Waals surface area contributed by atoms with Crippen LogP contribution in [-0.4, -0.2) is 9.97 Å². The fraction of sp³-hybridized carbons (Fsp3) is 0.0714. The van der Waals surface area contributed by atoms with Crippen molar-refractivity contribution in [2.24, 2.45) is 0 Å². The third-order valence-electron chi connectivity index (χ3n) is 13.0. The molecule has 2 heterocycles. The lowest BCUT2D eigenvalue weighted by atomic mass is 9.67. The predicted octanol–water partition coefficient (Wildman–Crippen LogP) is 14.3. The van der Waals surface area contributed by atoms with Gasteiger partial charge < -0.3 is 0 Å². The molecule has 0 amide bonds. The fourth-order valence-corrected chi connectivity index (χ4v) is 11.7. The second-order valence-electron chi connectivity index (χ2n) is 16.4. The van der Waals surface area contributed by atoms with Gasteiger partial charge in [-0.15, -0.1) is 0 Å². The van der Waals surface area contributed by atoms with Crippen molar-refractivity contribution in [3.63, 3.8) is 0 Å². The molecule has 8 aromatic carbocycles. The third kappa shape index (κ3) is 4.89. The highest BCUT2D eigenvalue weighted by molar-refractivity contribution is 7.99. The Morgan fingerprint density at radius 2 is 0.864 bits per heavy atom. The summed E-state index contributed by atoms with van der Waals surface area (Å²) in [5.41, 5.74) is 20.0. The number of hydrogen-bond donors (Lipinski definition) is 0. The Morgan fingerprint density at radius 3 is 1.58 bits per heavy atom. The summed E-state index contributed by atoms with van der Waals surface area (Å²) in [4.78, 5) is 13.4. The Bertz CT molecular complexity index is 3130. The molecule has 59 heavy (non-hydrogen) atoms. The third-order valence-corrected chi connectivity index (χ3v) is 14.2. The van der Waals surface area contributed by atoms with Gasteiger partial charge in [0.15, 0.2) is 5.82 Å². The molecular weight excluding hydrogens is 733 g/mol. The van der Waals surface area contributed by atoms with Crippen LogP contribution >= 0.6 is 11.8 Å². The van der Waals surface area contributed by atoms with Gasteiger partial charge in [-0.25, -0.2) is 9.97 Å². The van der Waals surface area contributed by atoms with Crippen molar-refractivity contribution in [2.75, 3.05) is 0 Å². The summed E-state index contributed by atoms with van der Waals surface area (Å²) < 4.78 is 0. The van der Waals surface area contributed by atoms with Gasteiger partial charge in [0.05, 0.1) is 16.8 Å². The van der Waals surface area contributed by atoms with E-state index in [1.807, 2.05) is 11.8 Å². The standard InChI is InChI=1S/C56H38N2S/c1-55(2)44-25-11-8-20-38(44)41-32-31-36(33-49(41)55)51-34-50(35-17-4-3-5-18-35)57-54(58-51)43-23-7-6-19-37(43)42-24-16-29-48-53(42)59-52-30-15-14-28-47(52)56(48)45-26-12-9-21-39(45)40-22-10-13-27-46(40)56/h3-34H,1-2H3. The molecule has 0 saturated heterocycles. The van der Waals surface area contributed by atoms with Crippen LogP contribution in [0.2, 0.25) is 0 Å². The Morgan fingerprint density at radius 1 is 0.356 bits per heavy atom. The van der Waals surface area contributed by atoms with E-state index in [9.17, 15) is 0 Å². The summed E-state index contributed by atoms with van der Waals surface area (Å²) in [5, 5.41) is 0. The van der Waals surface area contributed by atoms with Gasteiger partial charge in [0.25, 0.3) is 0 Å². The Balaban J connectivity index is 1.07. The van der Waals surface area contributed by atoms with Crippen molar-refractivity contribution in [2.45, 2.75) is 34.5 Å². The molecule has 0 unspecified atom stereocenters. The Labute approximate surface area is 349 Å². The van der Waals surface area contributed by atoms with Crippen molar-refractivity contribution in [3.8, 4) is 67.3 Å². The van der Waals surface area contributed by atoms with E-state index in [1.165, 1.54) is 71.0 Å². The van der Waals surface area contributed by atoms with Crippen LogP contribution in [0, 0.1) is 0 Å². The van der Waals surface area contributed by atoms with Crippen molar-refractivity contribution in [1.29, 1.82) is 0 Å². The monoisotopic (exact) mass is 770 g/mol. The van der Waals surface area contributed by atoms with Crippen LogP contribution in [0.5, 0.6) is 0 Å². The maximum atomic E-state index is 5.47. The lowest BCUT2D eigenvalue weighted by Gasteiger charge is -2.40. The molecular formula is C56H38N2S. The molecule has 278 valence electrons. The zero-order chi connectivity index (χ0) is 39.3. The number of aromatic nitrogens is 2. The number of rotatable bonds is 4. The minimum Gasteiger partial charge on any atom is -0.228 e. The topological polar surface area (TPSA) is 25.8 Å². The zero-order valence-electron chi connectivity index (χ0n) is 32.8. The maximum Gasteiger partial charge on any atom is 0.161 e. The first kappa shape index (κ1) is 34.3. The van der Waals surface area contributed by atoms with Gasteiger partial charge in [-0.05, 0) is 85.0 Å². The normalized spacial score (nSPS) is 14.5. The number of fused-ring (bicyclic) bond motifs is 12. The van der Waals surface area contributed by atoms with Crippen LogP contribution in [0.15, 0.2) is 204 Å². The second kappa shape index (κ2) is 12.8. The van der Waals surface area contributed by atoms with E-state index in [2.05, 4.69) is 208 Å². The van der Waals surface area contributed by atoms with Gasteiger partial charge in [-0.1, -0.05) is 202 Å². The Hall–Kier alpha value is -6.81. The number of hydrogen-bond acceptors (Lipinski definition) is 3. The van der Waals surface area contributed by atoms with Crippen molar-refractivity contribution in [3.05, 3.63) is 228 Å².